The van der Waals surface area contributed by atoms with E-state index in [1.165, 1.54) is 0 Å². The number of fused-ring (bicyclic) bond motifs is 1. The van der Waals surface area contributed by atoms with Crippen molar-refractivity contribution in [3.63, 3.8) is 0 Å². The minimum absolute atomic E-state index is 0.162. The normalized spacial score (nSPS) is 14.4. The Bertz CT molecular complexity index is 740. The molecule has 2 N–H and O–H groups in total. The Kier molecular flexibility index (Phi) is 5.24. The maximum Gasteiger partial charge on any atom is 0.335 e. The average Bonchev–Trinajstić information content (AvgIpc) is 2.62. The maximum absolute atomic E-state index is 10.9. The second-order valence-corrected chi connectivity index (χ2v) is 6.51. The van der Waals surface area contributed by atoms with Crippen LogP contribution in [-0.4, -0.2) is 24.3 Å². The molecule has 0 spiro atoms. The first-order chi connectivity index (χ1) is 12.0. The first-order valence-electron chi connectivity index (χ1n) is 8.50. The lowest BCUT2D eigenvalue weighted by Gasteiger charge is -2.25. The molecule has 1 atom stereocenters. The second-order valence-electron chi connectivity index (χ2n) is 6.51. The fraction of sp³-hybridized carbons (Fsp3) is 0.350. The van der Waals surface area contributed by atoms with Gasteiger partial charge < -0.3 is 19.9 Å². The van der Waals surface area contributed by atoms with E-state index < -0.39 is 5.97 Å². The standard InChI is InChI=1S/C20H23NO4/c1-13(2)19(16-7-8-17-18(11-16)25-10-9-24-17)21-12-14-3-5-15(6-4-14)20(22)23/h3-8,11,13,19,21H,9-10,12H2,1-2H3,(H,22,23). The van der Waals surface area contributed by atoms with Gasteiger partial charge in [-0.2, -0.15) is 0 Å². The van der Waals surface area contributed by atoms with Crippen LogP contribution in [0.15, 0.2) is 42.5 Å². The van der Waals surface area contributed by atoms with Crippen molar-refractivity contribution in [3.05, 3.63) is 59.2 Å². The van der Waals surface area contributed by atoms with Gasteiger partial charge in [-0.05, 0) is 41.3 Å². The van der Waals surface area contributed by atoms with Gasteiger partial charge in [-0.15, -0.1) is 0 Å². The SMILES string of the molecule is CC(C)C(NCc1ccc(C(=O)O)cc1)c1ccc2c(c1)OCCO2. The third-order valence-electron chi connectivity index (χ3n) is 4.32. The summed E-state index contributed by atoms with van der Waals surface area (Å²) in [6.45, 7) is 6.16. The summed E-state index contributed by atoms with van der Waals surface area (Å²) in [7, 11) is 0. The molecule has 0 fully saturated rings. The first-order valence-corrected chi connectivity index (χ1v) is 8.50. The van der Waals surface area contributed by atoms with Gasteiger partial charge in [-0.1, -0.05) is 32.0 Å². The number of hydrogen-bond acceptors (Lipinski definition) is 4. The summed E-state index contributed by atoms with van der Waals surface area (Å²) in [5, 5.41) is 12.5. The molecule has 2 aromatic carbocycles. The van der Waals surface area contributed by atoms with E-state index in [1.807, 2.05) is 24.3 Å². The second kappa shape index (κ2) is 7.57. The Labute approximate surface area is 147 Å². The van der Waals surface area contributed by atoms with E-state index in [0.29, 0.717) is 31.2 Å². The summed E-state index contributed by atoms with van der Waals surface area (Å²) in [6, 6.07) is 13.2. The highest BCUT2D eigenvalue weighted by molar-refractivity contribution is 5.87. The van der Waals surface area contributed by atoms with Gasteiger partial charge in [0.05, 0.1) is 5.56 Å². The number of carboxylic acid groups (broad SMARTS) is 1. The van der Waals surface area contributed by atoms with Gasteiger partial charge in [-0.25, -0.2) is 4.79 Å². The first kappa shape index (κ1) is 17.3. The molecule has 5 heteroatoms. The lowest BCUT2D eigenvalue weighted by Crippen LogP contribution is -2.26. The monoisotopic (exact) mass is 341 g/mol. The largest absolute Gasteiger partial charge is 0.486 e. The zero-order valence-electron chi connectivity index (χ0n) is 14.5. The third-order valence-corrected chi connectivity index (χ3v) is 4.32. The molecule has 0 amide bonds. The molecule has 5 nitrogen and oxygen atoms in total. The van der Waals surface area contributed by atoms with E-state index >= 15 is 0 Å². The van der Waals surface area contributed by atoms with Gasteiger partial charge in [0.2, 0.25) is 0 Å². The predicted octanol–water partition coefficient (Wildman–Crippen LogP) is 3.64. The minimum atomic E-state index is -0.907. The van der Waals surface area contributed by atoms with E-state index in [-0.39, 0.29) is 6.04 Å². The molecular formula is C20H23NO4. The summed E-state index contributed by atoms with van der Waals surface area (Å²) in [6.07, 6.45) is 0. The zero-order valence-corrected chi connectivity index (χ0v) is 14.5. The lowest BCUT2D eigenvalue weighted by molar-refractivity contribution is 0.0697. The van der Waals surface area contributed by atoms with Crippen LogP contribution < -0.4 is 14.8 Å². The van der Waals surface area contributed by atoms with Crippen LogP contribution in [0.3, 0.4) is 0 Å². The van der Waals surface area contributed by atoms with Crippen molar-refractivity contribution >= 4 is 5.97 Å². The molecule has 0 radical (unpaired) electrons. The molecule has 0 bridgehead atoms. The van der Waals surface area contributed by atoms with E-state index in [0.717, 1.165) is 22.6 Å². The van der Waals surface area contributed by atoms with Crippen molar-refractivity contribution in [1.82, 2.24) is 5.32 Å². The average molecular weight is 341 g/mol. The van der Waals surface area contributed by atoms with Crippen molar-refractivity contribution in [1.29, 1.82) is 0 Å². The number of nitrogens with one attached hydrogen (secondary N) is 1. The van der Waals surface area contributed by atoms with Crippen LogP contribution >= 0.6 is 0 Å². The van der Waals surface area contributed by atoms with Gasteiger partial charge in [0.1, 0.15) is 13.2 Å². The Balaban J connectivity index is 1.72. The number of benzene rings is 2. The molecule has 25 heavy (non-hydrogen) atoms. The van der Waals surface area contributed by atoms with E-state index in [9.17, 15) is 4.79 Å². The molecule has 1 aliphatic rings. The Morgan fingerprint density at radius 2 is 1.76 bits per heavy atom. The van der Waals surface area contributed by atoms with Gasteiger partial charge in [0, 0.05) is 12.6 Å². The smallest absolute Gasteiger partial charge is 0.335 e. The molecular weight excluding hydrogens is 318 g/mol. The Morgan fingerprint density at radius 1 is 1.08 bits per heavy atom. The number of carbonyl (C=O) groups is 1. The van der Waals surface area contributed by atoms with Gasteiger partial charge >= 0.3 is 5.97 Å². The Hall–Kier alpha value is -2.53. The fourth-order valence-corrected chi connectivity index (χ4v) is 2.98. The fourth-order valence-electron chi connectivity index (χ4n) is 2.98. The van der Waals surface area contributed by atoms with Crippen molar-refractivity contribution in [3.8, 4) is 11.5 Å². The third kappa shape index (κ3) is 4.12. The topological polar surface area (TPSA) is 67.8 Å². The molecule has 1 unspecified atom stereocenters. The van der Waals surface area contributed by atoms with Crippen LogP contribution in [0.25, 0.3) is 0 Å². The van der Waals surface area contributed by atoms with Gasteiger partial charge in [0.25, 0.3) is 0 Å². The molecule has 0 aliphatic carbocycles. The van der Waals surface area contributed by atoms with Gasteiger partial charge in [-0.3, -0.25) is 0 Å². The zero-order chi connectivity index (χ0) is 17.8. The van der Waals surface area contributed by atoms with Crippen LogP contribution in [-0.2, 0) is 6.54 Å². The number of ether oxygens (including phenoxy) is 2. The number of rotatable bonds is 6. The van der Waals surface area contributed by atoms with E-state index in [4.69, 9.17) is 14.6 Å². The summed E-state index contributed by atoms with van der Waals surface area (Å²) in [5.74, 6) is 1.07. The summed E-state index contributed by atoms with van der Waals surface area (Å²) >= 11 is 0. The molecule has 132 valence electrons. The van der Waals surface area contributed by atoms with Crippen LogP contribution in [0.2, 0.25) is 0 Å². The van der Waals surface area contributed by atoms with E-state index in [1.54, 1.807) is 12.1 Å². The minimum Gasteiger partial charge on any atom is -0.486 e. The van der Waals surface area contributed by atoms with E-state index in [2.05, 4.69) is 25.2 Å². The summed E-state index contributed by atoms with van der Waals surface area (Å²) in [4.78, 5) is 10.9. The van der Waals surface area contributed by atoms with Crippen molar-refractivity contribution in [2.24, 2.45) is 5.92 Å². The lowest BCUT2D eigenvalue weighted by atomic mass is 9.95. The van der Waals surface area contributed by atoms with Crippen molar-refractivity contribution < 1.29 is 19.4 Å². The highest BCUT2D eigenvalue weighted by Gasteiger charge is 2.19. The van der Waals surface area contributed by atoms with Crippen molar-refractivity contribution in [2.75, 3.05) is 13.2 Å². The van der Waals surface area contributed by atoms with Crippen LogP contribution in [0.5, 0.6) is 11.5 Å². The van der Waals surface area contributed by atoms with Gasteiger partial charge in [0.15, 0.2) is 11.5 Å². The maximum atomic E-state index is 10.9. The quantitative estimate of drug-likeness (QED) is 0.839. The molecule has 0 saturated carbocycles. The number of carboxylic acids is 1. The van der Waals surface area contributed by atoms with Crippen LogP contribution in [0.1, 0.15) is 41.4 Å². The summed E-state index contributed by atoms with van der Waals surface area (Å²) in [5.41, 5.74) is 2.51. The highest BCUT2D eigenvalue weighted by Crippen LogP contribution is 2.34. The molecule has 2 aromatic rings. The van der Waals surface area contributed by atoms with Crippen LogP contribution in [0, 0.1) is 5.92 Å². The predicted molar refractivity (Wildman–Crippen MR) is 95.3 cm³/mol. The molecule has 0 aromatic heterocycles. The number of hydrogen-bond donors (Lipinski definition) is 2. The number of aromatic carboxylic acids is 1. The highest BCUT2D eigenvalue weighted by atomic mass is 16.6. The molecule has 1 aliphatic heterocycles. The Morgan fingerprint density at radius 3 is 2.40 bits per heavy atom. The van der Waals surface area contributed by atoms with Crippen LogP contribution in [0.4, 0.5) is 0 Å². The van der Waals surface area contributed by atoms with Crippen molar-refractivity contribution in [2.45, 2.75) is 26.4 Å². The summed E-state index contributed by atoms with van der Waals surface area (Å²) < 4.78 is 11.3. The molecule has 3 rings (SSSR count). The molecule has 0 saturated heterocycles. The molecule has 1 heterocycles.